The molecule has 3 rings (SSSR count). The highest BCUT2D eigenvalue weighted by molar-refractivity contribution is 5.99. The Balaban J connectivity index is 1.65. The number of carbonyl (C=O) groups is 2. The van der Waals surface area contributed by atoms with Gasteiger partial charge in [0.1, 0.15) is 5.75 Å². The average Bonchev–Trinajstić information content (AvgIpc) is 2.68. The average molecular weight is 359 g/mol. The zero-order valence-corrected chi connectivity index (χ0v) is 14.1. The molecule has 136 valence electrons. The lowest BCUT2D eigenvalue weighted by atomic mass is 9.88. The van der Waals surface area contributed by atoms with E-state index in [0.717, 1.165) is 0 Å². The van der Waals surface area contributed by atoms with Crippen molar-refractivity contribution in [2.24, 2.45) is 5.92 Å². The quantitative estimate of drug-likeness (QED) is 0.758. The number of ketones is 1. The van der Waals surface area contributed by atoms with Gasteiger partial charge in [0.2, 0.25) is 0 Å². The minimum absolute atomic E-state index is 0.0825. The van der Waals surface area contributed by atoms with E-state index in [1.54, 1.807) is 29.2 Å². The zero-order chi connectivity index (χ0) is 18.5. The molecule has 2 aromatic carbocycles. The first kappa shape index (κ1) is 18.0. The molecule has 0 spiro atoms. The summed E-state index contributed by atoms with van der Waals surface area (Å²) in [5.74, 6) is -0.532. The number of rotatable bonds is 5. The number of amides is 1. The Bertz CT molecular complexity index is 772. The van der Waals surface area contributed by atoms with Crippen LogP contribution >= 0.6 is 0 Å². The number of benzene rings is 2. The van der Waals surface area contributed by atoms with Crippen molar-refractivity contribution in [2.45, 2.75) is 19.5 Å². The van der Waals surface area contributed by atoms with Gasteiger partial charge in [-0.05, 0) is 25.0 Å². The Hall–Kier alpha value is -2.76. The Morgan fingerprint density at radius 1 is 0.962 bits per heavy atom. The second-order valence-corrected chi connectivity index (χ2v) is 6.17. The second kappa shape index (κ2) is 8.08. The summed E-state index contributed by atoms with van der Waals surface area (Å²) in [4.78, 5) is 26.8. The highest BCUT2D eigenvalue weighted by atomic mass is 19.3. The predicted molar refractivity (Wildman–Crippen MR) is 92.5 cm³/mol. The molecule has 0 aliphatic carbocycles. The molecule has 4 nitrogen and oxygen atoms in total. The largest absolute Gasteiger partial charge is 0.434 e. The van der Waals surface area contributed by atoms with Crippen molar-refractivity contribution < 1.29 is 23.1 Å². The minimum atomic E-state index is -2.99. The first-order chi connectivity index (χ1) is 12.6. The molecule has 1 aliphatic heterocycles. The number of carbonyl (C=O) groups excluding carboxylic acids is 2. The lowest BCUT2D eigenvalue weighted by Crippen LogP contribution is -2.40. The molecule has 2 aromatic rings. The zero-order valence-electron chi connectivity index (χ0n) is 14.1. The van der Waals surface area contributed by atoms with Gasteiger partial charge < -0.3 is 9.64 Å². The van der Waals surface area contributed by atoms with Crippen LogP contribution in [-0.4, -0.2) is 36.3 Å². The van der Waals surface area contributed by atoms with Crippen LogP contribution in [0.3, 0.4) is 0 Å². The normalized spacial score (nSPS) is 15.1. The van der Waals surface area contributed by atoms with Gasteiger partial charge in [0.25, 0.3) is 5.91 Å². The summed E-state index contributed by atoms with van der Waals surface area (Å²) in [6, 6.07) is 15.1. The highest BCUT2D eigenvalue weighted by Crippen LogP contribution is 2.26. The summed E-state index contributed by atoms with van der Waals surface area (Å²) in [5.41, 5.74) is 0.786. The van der Waals surface area contributed by atoms with Crippen LogP contribution in [0.2, 0.25) is 0 Å². The molecule has 0 atom stereocenters. The number of para-hydroxylation sites is 1. The molecule has 1 fully saturated rings. The molecule has 1 aliphatic rings. The first-order valence-electron chi connectivity index (χ1n) is 8.48. The Morgan fingerprint density at radius 3 is 2.23 bits per heavy atom. The molecule has 1 amide bonds. The molecule has 0 aromatic heterocycles. The molecule has 1 saturated heterocycles. The molecule has 0 saturated carbocycles. The topological polar surface area (TPSA) is 46.6 Å². The molecule has 0 unspecified atom stereocenters. The van der Waals surface area contributed by atoms with Crippen molar-refractivity contribution in [3.05, 3.63) is 65.7 Å². The van der Waals surface area contributed by atoms with Crippen molar-refractivity contribution in [3.8, 4) is 5.75 Å². The van der Waals surface area contributed by atoms with Gasteiger partial charge in [-0.3, -0.25) is 9.59 Å². The predicted octanol–water partition coefficient (Wildman–Crippen LogP) is 4.02. The summed E-state index contributed by atoms with van der Waals surface area (Å²) < 4.78 is 29.5. The van der Waals surface area contributed by atoms with Crippen LogP contribution in [0.5, 0.6) is 5.75 Å². The van der Waals surface area contributed by atoms with Gasteiger partial charge in [-0.15, -0.1) is 0 Å². The fraction of sp³-hybridized carbons (Fsp3) is 0.300. The number of alkyl halides is 2. The Kier molecular flexibility index (Phi) is 5.61. The van der Waals surface area contributed by atoms with E-state index >= 15 is 0 Å². The SMILES string of the molecule is O=C(c1ccccc1)C1CCN(C(=O)c2ccccc2OC(F)F)CC1. The monoisotopic (exact) mass is 359 g/mol. The van der Waals surface area contributed by atoms with Gasteiger partial charge in [-0.25, -0.2) is 0 Å². The van der Waals surface area contributed by atoms with E-state index in [2.05, 4.69) is 4.74 Å². The van der Waals surface area contributed by atoms with Gasteiger partial charge in [-0.1, -0.05) is 42.5 Å². The molecule has 0 N–H and O–H groups in total. The highest BCUT2D eigenvalue weighted by Gasteiger charge is 2.29. The number of Topliss-reactive ketones (excluding diaryl/α,β-unsaturated/α-hetero) is 1. The summed E-state index contributed by atoms with van der Waals surface area (Å²) in [5, 5.41) is 0. The standard InChI is InChI=1S/C20H19F2NO3/c21-20(22)26-17-9-5-4-8-16(17)19(25)23-12-10-15(11-13-23)18(24)14-6-2-1-3-7-14/h1-9,15,20H,10-13H2. The van der Waals surface area contributed by atoms with Crippen LogP contribution in [0.25, 0.3) is 0 Å². The van der Waals surface area contributed by atoms with E-state index in [1.807, 2.05) is 18.2 Å². The van der Waals surface area contributed by atoms with Crippen molar-refractivity contribution >= 4 is 11.7 Å². The summed E-state index contributed by atoms with van der Waals surface area (Å²) >= 11 is 0. The molecular formula is C20H19F2NO3. The summed E-state index contributed by atoms with van der Waals surface area (Å²) in [6.45, 7) is -2.17. The van der Waals surface area contributed by atoms with Crippen molar-refractivity contribution in [1.29, 1.82) is 0 Å². The van der Waals surface area contributed by atoms with Crippen LogP contribution in [0.4, 0.5) is 8.78 Å². The van der Waals surface area contributed by atoms with Crippen LogP contribution < -0.4 is 4.74 Å². The second-order valence-electron chi connectivity index (χ2n) is 6.17. The maximum absolute atomic E-state index is 12.7. The molecular weight excluding hydrogens is 340 g/mol. The maximum atomic E-state index is 12.7. The smallest absolute Gasteiger partial charge is 0.387 e. The molecule has 0 bridgehead atoms. The number of hydrogen-bond donors (Lipinski definition) is 0. The summed E-state index contributed by atoms with van der Waals surface area (Å²) in [6.07, 6.45) is 1.11. The molecule has 1 heterocycles. The van der Waals surface area contributed by atoms with Crippen LogP contribution in [0.1, 0.15) is 33.6 Å². The van der Waals surface area contributed by atoms with E-state index in [0.29, 0.717) is 31.5 Å². The number of nitrogens with zero attached hydrogens (tertiary/aromatic N) is 1. The van der Waals surface area contributed by atoms with E-state index in [-0.39, 0.29) is 28.9 Å². The van der Waals surface area contributed by atoms with Crippen molar-refractivity contribution in [2.75, 3.05) is 13.1 Å². The minimum Gasteiger partial charge on any atom is -0.434 e. The van der Waals surface area contributed by atoms with E-state index in [1.165, 1.54) is 12.1 Å². The first-order valence-corrected chi connectivity index (χ1v) is 8.48. The maximum Gasteiger partial charge on any atom is 0.387 e. The number of halogens is 2. The van der Waals surface area contributed by atoms with E-state index < -0.39 is 6.61 Å². The van der Waals surface area contributed by atoms with Crippen LogP contribution in [0.15, 0.2) is 54.6 Å². The lowest BCUT2D eigenvalue weighted by molar-refractivity contribution is -0.0503. The molecule has 26 heavy (non-hydrogen) atoms. The third kappa shape index (κ3) is 4.07. The third-order valence-electron chi connectivity index (χ3n) is 4.54. The summed E-state index contributed by atoms with van der Waals surface area (Å²) in [7, 11) is 0. The number of piperidine rings is 1. The van der Waals surface area contributed by atoms with Gasteiger partial charge in [0.05, 0.1) is 5.56 Å². The fourth-order valence-corrected chi connectivity index (χ4v) is 3.20. The van der Waals surface area contributed by atoms with Gasteiger partial charge in [-0.2, -0.15) is 8.78 Å². The van der Waals surface area contributed by atoms with Crippen molar-refractivity contribution in [1.82, 2.24) is 4.90 Å². The van der Waals surface area contributed by atoms with Crippen LogP contribution in [-0.2, 0) is 0 Å². The van der Waals surface area contributed by atoms with Gasteiger partial charge in [0, 0.05) is 24.6 Å². The number of ether oxygens (including phenoxy) is 1. The van der Waals surface area contributed by atoms with E-state index in [9.17, 15) is 18.4 Å². The Morgan fingerprint density at radius 2 is 1.58 bits per heavy atom. The van der Waals surface area contributed by atoms with Crippen LogP contribution in [0, 0.1) is 5.92 Å². The number of likely N-dealkylation sites (tertiary alicyclic amines) is 1. The van der Waals surface area contributed by atoms with Gasteiger partial charge in [0.15, 0.2) is 5.78 Å². The van der Waals surface area contributed by atoms with E-state index in [4.69, 9.17) is 0 Å². The molecule has 0 radical (unpaired) electrons. The number of hydrogen-bond acceptors (Lipinski definition) is 3. The van der Waals surface area contributed by atoms with Crippen molar-refractivity contribution in [3.63, 3.8) is 0 Å². The Labute approximate surface area is 150 Å². The molecule has 6 heteroatoms. The fourth-order valence-electron chi connectivity index (χ4n) is 3.20. The van der Waals surface area contributed by atoms with Gasteiger partial charge >= 0.3 is 6.61 Å². The lowest BCUT2D eigenvalue weighted by Gasteiger charge is -2.31. The third-order valence-corrected chi connectivity index (χ3v) is 4.54.